The van der Waals surface area contributed by atoms with Crippen molar-refractivity contribution >= 4 is 11.7 Å². The van der Waals surface area contributed by atoms with E-state index in [0.717, 1.165) is 36.7 Å². The highest BCUT2D eigenvalue weighted by Crippen LogP contribution is 2.32. The van der Waals surface area contributed by atoms with Crippen LogP contribution in [0.15, 0.2) is 18.2 Å². The van der Waals surface area contributed by atoms with Gasteiger partial charge in [-0.2, -0.15) is 0 Å². The first-order chi connectivity index (χ1) is 10.6. The number of methoxy groups -OCH3 is 2. The third-order valence-corrected chi connectivity index (χ3v) is 4.20. The van der Waals surface area contributed by atoms with Crippen LogP contribution in [0.25, 0.3) is 0 Å². The minimum atomic E-state index is -0.788. The van der Waals surface area contributed by atoms with Crippen molar-refractivity contribution < 1.29 is 19.4 Å². The van der Waals surface area contributed by atoms with E-state index >= 15 is 0 Å². The Balaban J connectivity index is 2.05. The molecule has 1 heterocycles. The van der Waals surface area contributed by atoms with Crippen LogP contribution in [0.2, 0.25) is 0 Å². The predicted molar refractivity (Wildman–Crippen MR) is 85.0 cm³/mol. The Morgan fingerprint density at radius 1 is 1.36 bits per heavy atom. The molecule has 6 nitrogen and oxygen atoms in total. The molecule has 0 saturated carbocycles. The van der Waals surface area contributed by atoms with E-state index in [1.807, 2.05) is 18.2 Å². The normalized spacial score (nSPS) is 19.0. The van der Waals surface area contributed by atoms with Crippen LogP contribution in [0.3, 0.4) is 0 Å². The smallest absolute Gasteiger partial charge is 0.320 e. The van der Waals surface area contributed by atoms with E-state index in [1.54, 1.807) is 21.3 Å². The maximum atomic E-state index is 11.1. The molecule has 2 rings (SSSR count). The van der Waals surface area contributed by atoms with Crippen molar-refractivity contribution in [3.63, 3.8) is 0 Å². The van der Waals surface area contributed by atoms with Gasteiger partial charge in [0.1, 0.15) is 17.5 Å². The average molecular weight is 308 g/mol. The topological polar surface area (TPSA) is 71.0 Å². The first-order valence-corrected chi connectivity index (χ1v) is 7.45. The number of anilines is 1. The molecule has 22 heavy (non-hydrogen) atoms. The molecule has 0 bridgehead atoms. The predicted octanol–water partition coefficient (Wildman–Crippen LogP) is 1.59. The maximum Gasteiger partial charge on any atom is 0.320 e. The van der Waals surface area contributed by atoms with Crippen molar-refractivity contribution in [2.24, 2.45) is 5.92 Å². The van der Waals surface area contributed by atoms with E-state index in [2.05, 4.69) is 10.2 Å². The molecule has 6 heteroatoms. The highest BCUT2D eigenvalue weighted by atomic mass is 16.5. The van der Waals surface area contributed by atoms with Gasteiger partial charge in [-0.25, -0.2) is 0 Å². The standard InChI is InChI=1S/C16H24N2O4/c1-17-15(16(19)20)6-11-4-5-18(10-11)12-7-13(21-2)9-14(8-12)22-3/h7-9,11,15,17H,4-6,10H2,1-3H3,(H,19,20). The monoisotopic (exact) mass is 308 g/mol. The molecule has 1 aromatic carbocycles. The molecule has 0 amide bonds. The van der Waals surface area contributed by atoms with Crippen molar-refractivity contribution in [1.29, 1.82) is 0 Å². The Morgan fingerprint density at radius 3 is 2.50 bits per heavy atom. The van der Waals surface area contributed by atoms with Crippen LogP contribution in [0, 0.1) is 5.92 Å². The van der Waals surface area contributed by atoms with Gasteiger partial charge in [0, 0.05) is 37.0 Å². The molecule has 0 aromatic heterocycles. The summed E-state index contributed by atoms with van der Waals surface area (Å²) in [4.78, 5) is 13.4. The number of aliphatic carboxylic acids is 1. The number of likely N-dealkylation sites (N-methyl/N-ethyl adjacent to an activating group) is 1. The highest BCUT2D eigenvalue weighted by molar-refractivity contribution is 5.73. The van der Waals surface area contributed by atoms with Crippen molar-refractivity contribution in [3.8, 4) is 11.5 Å². The molecule has 2 atom stereocenters. The lowest BCUT2D eigenvalue weighted by Gasteiger charge is -2.21. The summed E-state index contributed by atoms with van der Waals surface area (Å²) in [7, 11) is 4.96. The molecule has 122 valence electrons. The van der Waals surface area contributed by atoms with Crippen LogP contribution < -0.4 is 19.7 Å². The second-order valence-electron chi connectivity index (χ2n) is 5.59. The Bertz CT molecular complexity index is 499. The number of nitrogens with one attached hydrogen (secondary N) is 1. The van der Waals surface area contributed by atoms with Gasteiger partial charge in [-0.15, -0.1) is 0 Å². The summed E-state index contributed by atoms with van der Waals surface area (Å²) in [5, 5.41) is 12.0. The Morgan fingerprint density at radius 2 is 2.00 bits per heavy atom. The second kappa shape index (κ2) is 7.35. The van der Waals surface area contributed by atoms with Crippen LogP contribution in [0.5, 0.6) is 11.5 Å². The Kier molecular flexibility index (Phi) is 5.49. The number of carbonyl (C=O) groups is 1. The van der Waals surface area contributed by atoms with E-state index in [-0.39, 0.29) is 0 Å². The molecule has 1 fully saturated rings. The fourth-order valence-electron chi connectivity index (χ4n) is 2.91. The van der Waals surface area contributed by atoms with Gasteiger partial charge >= 0.3 is 5.97 Å². The molecule has 1 aliphatic rings. The molecular formula is C16H24N2O4. The molecule has 1 aromatic rings. The summed E-state index contributed by atoms with van der Waals surface area (Å²) in [5.74, 6) is 1.10. The summed E-state index contributed by atoms with van der Waals surface area (Å²) < 4.78 is 10.6. The lowest BCUT2D eigenvalue weighted by Crippen LogP contribution is -2.36. The van der Waals surface area contributed by atoms with Crippen LogP contribution in [-0.4, -0.2) is 51.5 Å². The van der Waals surface area contributed by atoms with Gasteiger partial charge in [-0.05, 0) is 25.8 Å². The number of hydrogen-bond donors (Lipinski definition) is 2. The zero-order valence-electron chi connectivity index (χ0n) is 13.3. The molecule has 0 radical (unpaired) electrons. The summed E-state index contributed by atoms with van der Waals surface area (Å²) >= 11 is 0. The number of ether oxygens (including phenoxy) is 2. The largest absolute Gasteiger partial charge is 0.497 e. The van der Waals surface area contributed by atoms with E-state index in [9.17, 15) is 4.79 Å². The number of hydrogen-bond acceptors (Lipinski definition) is 5. The highest BCUT2D eigenvalue weighted by Gasteiger charge is 2.28. The fourth-order valence-corrected chi connectivity index (χ4v) is 2.91. The van der Waals surface area contributed by atoms with E-state index in [4.69, 9.17) is 14.6 Å². The van der Waals surface area contributed by atoms with Crippen LogP contribution in [-0.2, 0) is 4.79 Å². The van der Waals surface area contributed by atoms with Crippen molar-refractivity contribution in [1.82, 2.24) is 5.32 Å². The number of rotatable bonds is 7. The van der Waals surface area contributed by atoms with Crippen molar-refractivity contribution in [2.75, 3.05) is 39.3 Å². The van der Waals surface area contributed by atoms with Gasteiger partial charge in [-0.1, -0.05) is 0 Å². The first-order valence-electron chi connectivity index (χ1n) is 7.45. The average Bonchev–Trinajstić information content (AvgIpc) is 3.00. The zero-order valence-corrected chi connectivity index (χ0v) is 13.3. The van der Waals surface area contributed by atoms with Crippen LogP contribution in [0.4, 0.5) is 5.69 Å². The molecule has 2 unspecified atom stereocenters. The minimum Gasteiger partial charge on any atom is -0.497 e. The van der Waals surface area contributed by atoms with Gasteiger partial charge in [0.05, 0.1) is 14.2 Å². The quantitative estimate of drug-likeness (QED) is 0.797. The lowest BCUT2D eigenvalue weighted by molar-refractivity contribution is -0.139. The van der Waals surface area contributed by atoms with Crippen molar-refractivity contribution in [2.45, 2.75) is 18.9 Å². The van der Waals surface area contributed by atoms with E-state index < -0.39 is 12.0 Å². The molecule has 1 saturated heterocycles. The fraction of sp³-hybridized carbons (Fsp3) is 0.562. The summed E-state index contributed by atoms with van der Waals surface area (Å²) in [6.45, 7) is 1.76. The van der Waals surface area contributed by atoms with Crippen molar-refractivity contribution in [3.05, 3.63) is 18.2 Å². The third kappa shape index (κ3) is 3.82. The SMILES string of the molecule is CNC(CC1CCN(c2cc(OC)cc(OC)c2)C1)C(=O)O. The minimum absolute atomic E-state index is 0.366. The maximum absolute atomic E-state index is 11.1. The number of nitrogens with zero attached hydrogens (tertiary/aromatic N) is 1. The van der Waals surface area contributed by atoms with Crippen LogP contribution in [0.1, 0.15) is 12.8 Å². The summed E-state index contributed by atoms with van der Waals surface area (Å²) in [5.41, 5.74) is 1.05. The molecule has 0 spiro atoms. The van der Waals surface area contributed by atoms with Gasteiger partial charge in [0.15, 0.2) is 0 Å². The van der Waals surface area contributed by atoms with E-state index in [0.29, 0.717) is 12.3 Å². The molecule has 2 N–H and O–H groups in total. The number of carboxylic acids is 1. The van der Waals surface area contributed by atoms with Gasteiger partial charge < -0.3 is 24.8 Å². The molecule has 0 aliphatic carbocycles. The molecular weight excluding hydrogens is 284 g/mol. The molecule has 1 aliphatic heterocycles. The second-order valence-corrected chi connectivity index (χ2v) is 5.59. The third-order valence-electron chi connectivity index (χ3n) is 4.20. The van der Waals surface area contributed by atoms with Gasteiger partial charge in [-0.3, -0.25) is 4.79 Å². The first kappa shape index (κ1) is 16.4. The zero-order chi connectivity index (χ0) is 16.1. The van der Waals surface area contributed by atoms with Crippen LogP contribution >= 0.6 is 0 Å². The van der Waals surface area contributed by atoms with Gasteiger partial charge in [0.2, 0.25) is 0 Å². The Labute approximate surface area is 131 Å². The van der Waals surface area contributed by atoms with Gasteiger partial charge in [0.25, 0.3) is 0 Å². The van der Waals surface area contributed by atoms with E-state index in [1.165, 1.54) is 0 Å². The number of benzene rings is 1. The lowest BCUT2D eigenvalue weighted by atomic mass is 9.99. The number of carboxylic acid groups (broad SMARTS) is 1. The Hall–Kier alpha value is -1.95. The summed E-state index contributed by atoms with van der Waals surface area (Å²) in [6, 6.07) is 5.33. The summed E-state index contributed by atoms with van der Waals surface area (Å²) in [6.07, 6.45) is 1.63.